The summed E-state index contributed by atoms with van der Waals surface area (Å²) in [5, 5.41) is 2.44. The molecule has 0 saturated heterocycles. The molecule has 5 nitrogen and oxygen atoms in total. The number of fused-ring (bicyclic) bond motifs is 7. The lowest BCUT2D eigenvalue weighted by molar-refractivity contribution is 0.606. The third kappa shape index (κ3) is 5.12. The second-order valence-corrected chi connectivity index (χ2v) is 14.7. The molecule has 3 aliphatic rings. The molecule has 0 bridgehead atoms. The van der Waals surface area contributed by atoms with Gasteiger partial charge in [-0.05, 0) is 85.6 Å². The summed E-state index contributed by atoms with van der Waals surface area (Å²) in [4.78, 5) is 13.1. The zero-order valence-corrected chi connectivity index (χ0v) is 30.9. The van der Waals surface area contributed by atoms with Crippen LogP contribution >= 0.6 is 0 Å². The van der Waals surface area contributed by atoms with E-state index in [-0.39, 0.29) is 12.2 Å². The number of nitrogens with zero attached hydrogens (tertiary/aromatic N) is 5. The number of aromatic nitrogens is 1. The highest BCUT2D eigenvalue weighted by Crippen LogP contribution is 2.55. The second kappa shape index (κ2) is 13.3. The van der Waals surface area contributed by atoms with E-state index in [1.165, 1.54) is 38.8 Å². The normalized spacial score (nSPS) is 17.2. The molecular formula is C51H39N5. The smallest absolute Gasteiger partial charge is 0.152 e. The van der Waals surface area contributed by atoms with Crippen LogP contribution in [0.15, 0.2) is 211 Å². The van der Waals surface area contributed by atoms with Gasteiger partial charge in [-0.1, -0.05) is 127 Å². The monoisotopic (exact) mass is 721 g/mol. The highest BCUT2D eigenvalue weighted by atomic mass is 15.4. The molecule has 7 aromatic carbocycles. The van der Waals surface area contributed by atoms with Gasteiger partial charge < -0.3 is 19.3 Å². The van der Waals surface area contributed by atoms with Gasteiger partial charge in [0.25, 0.3) is 0 Å². The van der Waals surface area contributed by atoms with E-state index in [2.05, 4.69) is 219 Å². The van der Waals surface area contributed by atoms with Crippen LogP contribution in [0.1, 0.15) is 30.0 Å². The first-order valence-electron chi connectivity index (χ1n) is 19.5. The van der Waals surface area contributed by atoms with Gasteiger partial charge in [0.15, 0.2) is 6.17 Å². The van der Waals surface area contributed by atoms with Gasteiger partial charge in [-0.2, -0.15) is 0 Å². The number of benzene rings is 7. The summed E-state index contributed by atoms with van der Waals surface area (Å²) in [6.07, 6.45) is 8.61. The highest BCUT2D eigenvalue weighted by Gasteiger charge is 2.50. The van der Waals surface area contributed by atoms with Gasteiger partial charge in [-0.3, -0.25) is 0 Å². The maximum Gasteiger partial charge on any atom is 0.152 e. The third-order valence-corrected chi connectivity index (χ3v) is 11.5. The van der Waals surface area contributed by atoms with Crippen molar-refractivity contribution < 1.29 is 0 Å². The van der Waals surface area contributed by atoms with E-state index in [1.807, 2.05) is 0 Å². The van der Waals surface area contributed by atoms with E-state index in [0.717, 1.165) is 52.7 Å². The number of rotatable bonds is 7. The van der Waals surface area contributed by atoms with Crippen LogP contribution in [-0.2, 0) is 0 Å². The van der Waals surface area contributed by atoms with Crippen molar-refractivity contribution in [1.29, 1.82) is 0 Å². The largest absolute Gasteiger partial charge is 0.318 e. The van der Waals surface area contributed by atoms with Gasteiger partial charge in [0.1, 0.15) is 11.9 Å². The minimum Gasteiger partial charge on any atom is -0.318 e. The Balaban J connectivity index is 1.20. The Kier molecular flexibility index (Phi) is 7.69. The first-order valence-corrected chi connectivity index (χ1v) is 19.5. The zero-order valence-electron chi connectivity index (χ0n) is 30.9. The molecule has 11 rings (SSSR count). The summed E-state index contributed by atoms with van der Waals surface area (Å²) in [6.45, 7) is 0. The van der Waals surface area contributed by atoms with Crippen LogP contribution in [0.3, 0.4) is 0 Å². The number of hydrogen-bond donors (Lipinski definition) is 0. The summed E-state index contributed by atoms with van der Waals surface area (Å²) in [7, 11) is 0. The standard InChI is InChI=1S/C51H39N5/c1-7-19-36(20-8-1)50-52-51-49(56(50)41-29-17-6-18-30-41)44-33-32-43-45-35-42(53(37-21-9-2-10-22-37)38-23-11-3-12-24-38)31-34-46(45)54(39-25-13-4-14-26-39)47(43)48(44)55(51)40-27-15-5-16-28-40/h1-15,17-27,29-35,49,51H,16,28H2. The Morgan fingerprint density at radius 3 is 1.82 bits per heavy atom. The molecule has 0 spiro atoms. The second-order valence-electron chi connectivity index (χ2n) is 14.7. The SMILES string of the molecule is C1=CCCC(N2c3c(ccc4c5cc(N(c6ccccc6)c6ccccc6)ccc5n(-c5ccccc5)c34)C3C2N=C(c2ccccc2)N3c2ccccc2)=C1. The van der Waals surface area contributed by atoms with Crippen molar-refractivity contribution in [2.24, 2.45) is 4.99 Å². The highest BCUT2D eigenvalue weighted by molar-refractivity contribution is 6.18. The molecule has 0 N–H and O–H groups in total. The van der Waals surface area contributed by atoms with E-state index in [1.54, 1.807) is 0 Å². The first-order chi connectivity index (χ1) is 27.8. The Labute approximate surface area is 327 Å². The fourth-order valence-corrected chi connectivity index (χ4v) is 9.10. The summed E-state index contributed by atoms with van der Waals surface area (Å²) >= 11 is 0. The van der Waals surface area contributed by atoms with Gasteiger partial charge in [0.2, 0.25) is 0 Å². The molecule has 0 fully saturated rings. The molecular weight excluding hydrogens is 683 g/mol. The number of aliphatic imine (C=N–C) groups is 1. The van der Waals surface area contributed by atoms with Crippen LogP contribution in [0.2, 0.25) is 0 Å². The molecule has 3 heterocycles. The Morgan fingerprint density at radius 1 is 0.554 bits per heavy atom. The average Bonchev–Trinajstić information content (AvgIpc) is 3.93. The van der Waals surface area contributed by atoms with Crippen LogP contribution < -0.4 is 14.7 Å². The van der Waals surface area contributed by atoms with Gasteiger partial charge in [-0.15, -0.1) is 0 Å². The van der Waals surface area contributed by atoms with E-state index in [0.29, 0.717) is 0 Å². The topological polar surface area (TPSA) is 27.0 Å². The van der Waals surface area contributed by atoms with Crippen molar-refractivity contribution in [3.8, 4) is 5.69 Å². The van der Waals surface area contributed by atoms with E-state index in [9.17, 15) is 0 Å². The number of anilines is 5. The molecule has 2 unspecified atom stereocenters. The molecule has 56 heavy (non-hydrogen) atoms. The quantitative estimate of drug-likeness (QED) is 0.164. The summed E-state index contributed by atoms with van der Waals surface area (Å²) in [6, 6.07) is 65.4. The molecule has 268 valence electrons. The van der Waals surface area contributed by atoms with Crippen LogP contribution in [-0.4, -0.2) is 16.6 Å². The molecule has 5 heteroatoms. The Morgan fingerprint density at radius 2 is 1.18 bits per heavy atom. The van der Waals surface area contributed by atoms with Crippen molar-refractivity contribution in [2.75, 3.05) is 14.7 Å². The molecule has 0 amide bonds. The molecule has 8 aromatic rings. The van der Waals surface area contributed by atoms with Crippen molar-refractivity contribution in [2.45, 2.75) is 25.0 Å². The summed E-state index contributed by atoms with van der Waals surface area (Å²) in [5.41, 5.74) is 13.0. The molecule has 1 aliphatic carbocycles. The van der Waals surface area contributed by atoms with E-state index < -0.39 is 0 Å². The maximum atomic E-state index is 5.70. The lowest BCUT2D eigenvalue weighted by Gasteiger charge is -2.30. The minimum atomic E-state index is -0.145. The maximum absolute atomic E-state index is 5.70. The predicted molar refractivity (Wildman–Crippen MR) is 233 cm³/mol. The molecule has 1 aromatic heterocycles. The molecule has 2 atom stereocenters. The molecule has 0 radical (unpaired) electrons. The zero-order chi connectivity index (χ0) is 37.0. The van der Waals surface area contributed by atoms with E-state index >= 15 is 0 Å². The predicted octanol–water partition coefficient (Wildman–Crippen LogP) is 12.6. The number of para-hydroxylation sites is 4. The van der Waals surface area contributed by atoms with Crippen LogP contribution in [0.25, 0.3) is 27.5 Å². The van der Waals surface area contributed by atoms with Crippen molar-refractivity contribution in [3.05, 3.63) is 217 Å². The average molecular weight is 722 g/mol. The fraction of sp³-hybridized carbons (Fsp3) is 0.0784. The fourth-order valence-electron chi connectivity index (χ4n) is 9.10. The number of amidine groups is 1. The third-order valence-electron chi connectivity index (χ3n) is 11.5. The first kappa shape index (κ1) is 32.3. The Hall–Kier alpha value is -7.11. The molecule has 2 aliphatic heterocycles. The Bertz CT molecular complexity index is 2770. The van der Waals surface area contributed by atoms with Gasteiger partial charge >= 0.3 is 0 Å². The van der Waals surface area contributed by atoms with Crippen molar-refractivity contribution in [3.63, 3.8) is 0 Å². The lowest BCUT2D eigenvalue weighted by atomic mass is 10.0. The lowest BCUT2D eigenvalue weighted by Crippen LogP contribution is -2.36. The number of hydrogen-bond acceptors (Lipinski definition) is 4. The van der Waals surface area contributed by atoms with Crippen LogP contribution in [0.5, 0.6) is 0 Å². The summed E-state index contributed by atoms with van der Waals surface area (Å²) in [5.74, 6) is 1.00. The van der Waals surface area contributed by atoms with Crippen molar-refractivity contribution >= 4 is 56.1 Å². The van der Waals surface area contributed by atoms with Gasteiger partial charge in [0.05, 0.1) is 16.7 Å². The van der Waals surface area contributed by atoms with Crippen molar-refractivity contribution in [1.82, 2.24) is 4.57 Å². The van der Waals surface area contributed by atoms with Gasteiger partial charge in [0, 0.05) is 56.0 Å². The van der Waals surface area contributed by atoms with Crippen LogP contribution in [0.4, 0.5) is 28.4 Å². The van der Waals surface area contributed by atoms with Gasteiger partial charge in [-0.25, -0.2) is 4.99 Å². The molecule has 0 saturated carbocycles. The van der Waals surface area contributed by atoms with E-state index in [4.69, 9.17) is 4.99 Å². The summed E-state index contributed by atoms with van der Waals surface area (Å²) < 4.78 is 2.49. The van der Waals surface area contributed by atoms with Crippen LogP contribution in [0, 0.1) is 0 Å². The minimum absolute atomic E-state index is 0.0248. The number of allylic oxidation sites excluding steroid dienone is 4.